The minimum Gasteiger partial charge on any atom is -0.353 e. The molecule has 0 aliphatic carbocycles. The first-order valence-electron chi connectivity index (χ1n) is 4.78. The summed E-state index contributed by atoms with van der Waals surface area (Å²) in [7, 11) is 0. The number of fused-ring (bicyclic) bond motifs is 1. The molecule has 2 N–H and O–H groups in total. The topological polar surface area (TPSA) is 46.6 Å². The lowest BCUT2D eigenvalue weighted by Crippen LogP contribution is -2.56. The zero-order chi connectivity index (χ0) is 9.54. The van der Waals surface area contributed by atoms with Crippen LogP contribution < -0.4 is 10.6 Å². The molecule has 1 fully saturated rings. The Bertz CT molecular complexity index is 456. The summed E-state index contributed by atoms with van der Waals surface area (Å²) in [5.41, 5.74) is 6.88. The van der Waals surface area contributed by atoms with Crippen LogP contribution in [0.15, 0.2) is 30.5 Å². The highest BCUT2D eigenvalue weighted by Crippen LogP contribution is 2.21. The first-order chi connectivity index (χ1) is 6.84. The summed E-state index contributed by atoms with van der Waals surface area (Å²) in [5, 5.41) is 4.30. The van der Waals surface area contributed by atoms with Gasteiger partial charge in [0.15, 0.2) is 0 Å². The van der Waals surface area contributed by atoms with Crippen molar-refractivity contribution in [2.24, 2.45) is 5.73 Å². The van der Waals surface area contributed by atoms with Gasteiger partial charge >= 0.3 is 0 Å². The van der Waals surface area contributed by atoms with Gasteiger partial charge in [-0.2, -0.15) is 5.10 Å². The van der Waals surface area contributed by atoms with Crippen LogP contribution in [0.4, 0.5) is 5.82 Å². The molecule has 0 aromatic carbocycles. The molecule has 72 valence electrons. The van der Waals surface area contributed by atoms with Crippen molar-refractivity contribution >= 4 is 11.3 Å². The minimum atomic E-state index is 0.323. The van der Waals surface area contributed by atoms with Gasteiger partial charge in [-0.1, -0.05) is 0 Å². The average molecular weight is 188 g/mol. The summed E-state index contributed by atoms with van der Waals surface area (Å²) in [5.74, 6) is 1.14. The summed E-state index contributed by atoms with van der Waals surface area (Å²) < 4.78 is 1.95. The van der Waals surface area contributed by atoms with Crippen LogP contribution in [0, 0.1) is 0 Å². The van der Waals surface area contributed by atoms with Gasteiger partial charge in [-0.05, 0) is 24.3 Å². The molecule has 0 radical (unpaired) electrons. The van der Waals surface area contributed by atoms with E-state index in [1.54, 1.807) is 6.20 Å². The Labute approximate surface area is 81.9 Å². The van der Waals surface area contributed by atoms with E-state index >= 15 is 0 Å². The van der Waals surface area contributed by atoms with Crippen LogP contribution in [0.5, 0.6) is 0 Å². The zero-order valence-electron chi connectivity index (χ0n) is 7.80. The van der Waals surface area contributed by atoms with E-state index in [1.807, 2.05) is 10.6 Å². The molecule has 1 aliphatic heterocycles. The standard InChI is InChI=1S/C10H12N4/c11-8-6-13(7-8)10-4-3-9-2-1-5-12-14(9)10/h1-5,8H,6-7,11H2. The normalized spacial score (nSPS) is 17.4. The van der Waals surface area contributed by atoms with Crippen LogP contribution in [0.1, 0.15) is 0 Å². The molecule has 3 rings (SSSR count). The van der Waals surface area contributed by atoms with Crippen molar-refractivity contribution in [3.63, 3.8) is 0 Å². The van der Waals surface area contributed by atoms with Crippen molar-refractivity contribution in [1.29, 1.82) is 0 Å². The third kappa shape index (κ3) is 1.01. The monoisotopic (exact) mass is 188 g/mol. The first kappa shape index (κ1) is 7.82. The Hall–Kier alpha value is -1.55. The fourth-order valence-corrected chi connectivity index (χ4v) is 1.87. The average Bonchev–Trinajstić information content (AvgIpc) is 2.56. The predicted octanol–water partition coefficient (Wildman–Crippen LogP) is 0.482. The SMILES string of the molecule is NC1CN(c2ccc3cccnn23)C1. The molecule has 0 amide bonds. The van der Waals surface area contributed by atoms with E-state index in [9.17, 15) is 0 Å². The van der Waals surface area contributed by atoms with E-state index in [2.05, 4.69) is 28.2 Å². The van der Waals surface area contributed by atoms with Gasteiger partial charge in [-0.3, -0.25) is 0 Å². The Morgan fingerprint density at radius 1 is 1.29 bits per heavy atom. The molecule has 1 aliphatic rings. The van der Waals surface area contributed by atoms with Gasteiger partial charge in [0.2, 0.25) is 0 Å². The maximum absolute atomic E-state index is 5.75. The summed E-state index contributed by atoms with van der Waals surface area (Å²) in [4.78, 5) is 2.24. The first-order valence-corrected chi connectivity index (χ1v) is 4.78. The van der Waals surface area contributed by atoms with Crippen molar-refractivity contribution in [2.45, 2.75) is 6.04 Å². The third-order valence-electron chi connectivity index (χ3n) is 2.63. The van der Waals surface area contributed by atoms with Gasteiger partial charge in [-0.15, -0.1) is 0 Å². The summed E-state index contributed by atoms with van der Waals surface area (Å²) in [6.45, 7) is 1.87. The maximum Gasteiger partial charge on any atom is 0.130 e. The van der Waals surface area contributed by atoms with E-state index < -0.39 is 0 Å². The predicted molar refractivity (Wildman–Crippen MR) is 55.4 cm³/mol. The molecule has 4 nitrogen and oxygen atoms in total. The van der Waals surface area contributed by atoms with Gasteiger partial charge in [0.1, 0.15) is 5.82 Å². The summed E-state index contributed by atoms with van der Waals surface area (Å²) in [6.07, 6.45) is 1.80. The van der Waals surface area contributed by atoms with E-state index in [1.165, 1.54) is 0 Å². The van der Waals surface area contributed by atoms with Crippen LogP contribution in [-0.2, 0) is 0 Å². The molecule has 0 unspecified atom stereocenters. The molecule has 2 aromatic rings. The number of aromatic nitrogens is 2. The molecule has 3 heterocycles. The van der Waals surface area contributed by atoms with E-state index in [4.69, 9.17) is 5.73 Å². The van der Waals surface area contributed by atoms with Gasteiger partial charge in [0, 0.05) is 25.3 Å². The highest BCUT2D eigenvalue weighted by Gasteiger charge is 2.25. The van der Waals surface area contributed by atoms with E-state index in [0.29, 0.717) is 6.04 Å². The van der Waals surface area contributed by atoms with Crippen molar-refractivity contribution in [3.8, 4) is 0 Å². The van der Waals surface area contributed by atoms with Crippen molar-refractivity contribution in [1.82, 2.24) is 9.61 Å². The molecule has 0 bridgehead atoms. The van der Waals surface area contributed by atoms with Crippen molar-refractivity contribution < 1.29 is 0 Å². The van der Waals surface area contributed by atoms with E-state index in [0.717, 1.165) is 24.4 Å². The second-order valence-corrected chi connectivity index (χ2v) is 3.72. The number of hydrogen-bond donors (Lipinski definition) is 1. The molecule has 2 aromatic heterocycles. The molecule has 1 saturated heterocycles. The second kappa shape index (κ2) is 2.72. The minimum absolute atomic E-state index is 0.323. The molecule has 4 heteroatoms. The summed E-state index contributed by atoms with van der Waals surface area (Å²) >= 11 is 0. The van der Waals surface area contributed by atoms with Gasteiger partial charge in [-0.25, -0.2) is 4.52 Å². The maximum atomic E-state index is 5.75. The van der Waals surface area contributed by atoms with Crippen LogP contribution in [0.2, 0.25) is 0 Å². The van der Waals surface area contributed by atoms with Crippen LogP contribution in [-0.4, -0.2) is 28.7 Å². The highest BCUT2D eigenvalue weighted by molar-refractivity contribution is 5.58. The lowest BCUT2D eigenvalue weighted by Gasteiger charge is -2.37. The van der Waals surface area contributed by atoms with Crippen molar-refractivity contribution in [2.75, 3.05) is 18.0 Å². The van der Waals surface area contributed by atoms with Gasteiger partial charge in [0.25, 0.3) is 0 Å². The Kier molecular flexibility index (Phi) is 1.52. The van der Waals surface area contributed by atoms with E-state index in [-0.39, 0.29) is 0 Å². The highest BCUT2D eigenvalue weighted by atomic mass is 15.4. The molecule has 14 heavy (non-hydrogen) atoms. The van der Waals surface area contributed by atoms with Crippen LogP contribution >= 0.6 is 0 Å². The largest absolute Gasteiger partial charge is 0.353 e. The summed E-state index contributed by atoms with van der Waals surface area (Å²) in [6, 6.07) is 8.49. The quantitative estimate of drug-likeness (QED) is 0.708. The zero-order valence-corrected chi connectivity index (χ0v) is 7.80. The Morgan fingerprint density at radius 2 is 2.14 bits per heavy atom. The van der Waals surface area contributed by atoms with Crippen LogP contribution in [0.3, 0.4) is 0 Å². The number of anilines is 1. The third-order valence-corrected chi connectivity index (χ3v) is 2.63. The number of nitrogens with zero attached hydrogens (tertiary/aromatic N) is 3. The number of nitrogens with two attached hydrogens (primary N) is 1. The number of hydrogen-bond acceptors (Lipinski definition) is 3. The fourth-order valence-electron chi connectivity index (χ4n) is 1.87. The molecule has 0 spiro atoms. The molecular weight excluding hydrogens is 176 g/mol. The Morgan fingerprint density at radius 3 is 2.93 bits per heavy atom. The molecule has 0 atom stereocenters. The van der Waals surface area contributed by atoms with Gasteiger partial charge in [0.05, 0.1) is 5.52 Å². The Balaban J connectivity index is 2.05. The number of rotatable bonds is 1. The molecular formula is C10H12N4. The molecule has 0 saturated carbocycles. The lowest BCUT2D eigenvalue weighted by molar-refractivity contribution is 0.510. The van der Waals surface area contributed by atoms with Crippen LogP contribution in [0.25, 0.3) is 5.52 Å². The van der Waals surface area contributed by atoms with Gasteiger partial charge < -0.3 is 10.6 Å². The second-order valence-electron chi connectivity index (χ2n) is 3.72. The van der Waals surface area contributed by atoms with Crippen molar-refractivity contribution in [3.05, 3.63) is 30.5 Å². The lowest BCUT2D eigenvalue weighted by atomic mass is 10.1. The fraction of sp³-hybridized carbons (Fsp3) is 0.300. The smallest absolute Gasteiger partial charge is 0.130 e.